The van der Waals surface area contributed by atoms with Crippen molar-refractivity contribution in [3.05, 3.63) is 47.7 Å². The van der Waals surface area contributed by atoms with Crippen molar-refractivity contribution in [3.8, 4) is 0 Å². The number of hydrogen-bond donors (Lipinski definition) is 3. The Morgan fingerprint density at radius 1 is 1.21 bits per heavy atom. The summed E-state index contributed by atoms with van der Waals surface area (Å²) in [5.41, 5.74) is 0.925. The lowest BCUT2D eigenvalue weighted by atomic mass is 10.3. The number of rotatable bonds is 3. The minimum Gasteiger partial charge on any atom is -0.340 e. The van der Waals surface area contributed by atoms with E-state index in [1.807, 2.05) is 0 Å². The van der Waals surface area contributed by atoms with Gasteiger partial charge < -0.3 is 16.0 Å². The highest BCUT2D eigenvalue weighted by molar-refractivity contribution is 7.90. The van der Waals surface area contributed by atoms with Gasteiger partial charge in [-0.1, -0.05) is 11.6 Å². The molecule has 0 saturated carbocycles. The number of anilines is 2. The Morgan fingerprint density at radius 3 is 2.71 bits per heavy atom. The molecule has 0 bridgehead atoms. The van der Waals surface area contributed by atoms with E-state index < -0.39 is 16.1 Å². The maximum Gasteiger partial charge on any atom is 0.319 e. The Hall–Kier alpha value is -2.65. The summed E-state index contributed by atoms with van der Waals surface area (Å²) in [4.78, 5) is 15.6. The van der Waals surface area contributed by atoms with Crippen LogP contribution >= 0.6 is 11.6 Å². The van der Waals surface area contributed by atoms with Crippen molar-refractivity contribution in [3.63, 3.8) is 0 Å². The first-order valence-electron chi connectivity index (χ1n) is 6.79. The van der Waals surface area contributed by atoms with Crippen molar-refractivity contribution in [1.82, 2.24) is 10.3 Å². The number of amidine groups is 1. The number of nitrogens with one attached hydrogen (secondary N) is 3. The van der Waals surface area contributed by atoms with Gasteiger partial charge >= 0.3 is 6.03 Å². The van der Waals surface area contributed by atoms with Gasteiger partial charge in [-0.25, -0.2) is 4.79 Å². The molecule has 0 radical (unpaired) electrons. The zero-order chi connectivity index (χ0) is 17.2. The second-order valence-electron chi connectivity index (χ2n) is 4.82. The summed E-state index contributed by atoms with van der Waals surface area (Å²) in [6, 6.07) is 7.59. The van der Waals surface area contributed by atoms with Crippen molar-refractivity contribution in [1.29, 1.82) is 0 Å². The second kappa shape index (κ2) is 6.46. The van der Waals surface area contributed by atoms with E-state index in [0.29, 0.717) is 16.4 Å². The maximum absolute atomic E-state index is 12.0. The van der Waals surface area contributed by atoms with Gasteiger partial charge in [0.15, 0.2) is 0 Å². The second-order valence-corrected chi connectivity index (χ2v) is 6.83. The number of pyridine rings is 1. The Bertz CT molecular complexity index is 912. The molecule has 10 heteroatoms. The number of sulfonamides is 1. The molecule has 8 nitrogen and oxygen atoms in total. The summed E-state index contributed by atoms with van der Waals surface area (Å²) < 4.78 is 27.7. The molecule has 1 aliphatic heterocycles. The normalized spacial score (nSPS) is 14.8. The Labute approximate surface area is 143 Å². The van der Waals surface area contributed by atoms with Crippen LogP contribution in [0.3, 0.4) is 0 Å². The van der Waals surface area contributed by atoms with E-state index in [2.05, 4.69) is 25.3 Å². The van der Waals surface area contributed by atoms with Crippen LogP contribution in [-0.2, 0) is 10.0 Å². The van der Waals surface area contributed by atoms with Gasteiger partial charge in [0.2, 0.25) is 0 Å². The van der Waals surface area contributed by atoms with Crippen LogP contribution in [-0.4, -0.2) is 31.8 Å². The number of urea groups is 1. The van der Waals surface area contributed by atoms with E-state index in [4.69, 9.17) is 11.6 Å². The molecule has 3 N–H and O–H groups in total. The van der Waals surface area contributed by atoms with E-state index in [1.54, 1.807) is 24.3 Å². The SMILES string of the molecule is O=C(NCC1=NS(=O)(=O)c2cnccc2N1)Nc1ccc(Cl)cc1. The van der Waals surface area contributed by atoms with Gasteiger partial charge in [0, 0.05) is 23.1 Å². The predicted octanol–water partition coefficient (Wildman–Crippen LogP) is 2.07. The Balaban J connectivity index is 1.64. The highest BCUT2D eigenvalue weighted by atomic mass is 35.5. The molecule has 24 heavy (non-hydrogen) atoms. The topological polar surface area (TPSA) is 113 Å². The van der Waals surface area contributed by atoms with Gasteiger partial charge in [0.25, 0.3) is 10.0 Å². The number of halogens is 1. The maximum atomic E-state index is 12.0. The molecule has 2 aromatic rings. The van der Waals surface area contributed by atoms with Gasteiger partial charge in [-0.15, -0.1) is 4.40 Å². The molecule has 0 spiro atoms. The third-order valence-corrected chi connectivity index (χ3v) is 4.68. The van der Waals surface area contributed by atoms with Gasteiger partial charge in [-0.05, 0) is 30.3 Å². The van der Waals surface area contributed by atoms with E-state index in [0.717, 1.165) is 0 Å². The smallest absolute Gasteiger partial charge is 0.319 e. The minimum atomic E-state index is -3.83. The Morgan fingerprint density at radius 2 is 1.96 bits per heavy atom. The molecule has 2 amide bonds. The Kier molecular flexibility index (Phi) is 4.36. The summed E-state index contributed by atoms with van der Waals surface area (Å²) in [7, 11) is -3.83. The molecule has 0 unspecified atom stereocenters. The average molecular weight is 366 g/mol. The molecule has 0 aliphatic carbocycles. The van der Waals surface area contributed by atoms with Crippen LogP contribution in [0.25, 0.3) is 0 Å². The standard InChI is InChI=1S/C14H12ClN5O3S/c15-9-1-3-10(4-2-9)18-14(21)17-8-13-19-11-5-6-16-7-12(11)24(22,23)20-13/h1-7H,8H2,(H,19,20)(H2,17,18,21). The largest absolute Gasteiger partial charge is 0.340 e. The minimum absolute atomic E-state index is 0.000587. The number of carbonyl (C=O) groups is 1. The van der Waals surface area contributed by atoms with Crippen molar-refractivity contribution in [2.24, 2.45) is 4.40 Å². The van der Waals surface area contributed by atoms with E-state index >= 15 is 0 Å². The van der Waals surface area contributed by atoms with E-state index in [1.165, 1.54) is 18.5 Å². The molecule has 1 aromatic heterocycles. The number of benzene rings is 1. The molecule has 0 fully saturated rings. The summed E-state index contributed by atoms with van der Waals surface area (Å²) in [6.45, 7) is -0.0829. The zero-order valence-corrected chi connectivity index (χ0v) is 13.7. The van der Waals surface area contributed by atoms with E-state index in [9.17, 15) is 13.2 Å². The van der Waals surface area contributed by atoms with Crippen molar-refractivity contribution in [2.45, 2.75) is 4.90 Å². The lowest BCUT2D eigenvalue weighted by Crippen LogP contribution is -2.37. The molecule has 124 valence electrons. The van der Waals surface area contributed by atoms with Gasteiger partial charge in [-0.2, -0.15) is 8.42 Å². The molecule has 1 aliphatic rings. The van der Waals surface area contributed by atoms with Crippen LogP contribution in [0.2, 0.25) is 5.02 Å². The van der Waals surface area contributed by atoms with Gasteiger partial charge in [0.1, 0.15) is 10.7 Å². The molecule has 3 rings (SSSR count). The lowest BCUT2D eigenvalue weighted by molar-refractivity contribution is 0.253. The number of amides is 2. The quantitative estimate of drug-likeness (QED) is 0.770. The summed E-state index contributed by atoms with van der Waals surface area (Å²) >= 11 is 5.77. The van der Waals surface area contributed by atoms with Crippen LogP contribution in [0.15, 0.2) is 52.0 Å². The highest BCUT2D eigenvalue weighted by Gasteiger charge is 2.24. The summed E-state index contributed by atoms with van der Waals surface area (Å²) in [5, 5.41) is 8.53. The number of nitrogens with zero attached hydrogens (tertiary/aromatic N) is 2. The fourth-order valence-corrected chi connectivity index (χ4v) is 3.23. The predicted molar refractivity (Wildman–Crippen MR) is 91.0 cm³/mol. The lowest BCUT2D eigenvalue weighted by Gasteiger charge is -2.18. The van der Waals surface area contributed by atoms with Gasteiger partial charge in [0.05, 0.1) is 12.2 Å². The van der Waals surface area contributed by atoms with Gasteiger partial charge in [-0.3, -0.25) is 4.98 Å². The summed E-state index contributed by atoms with van der Waals surface area (Å²) in [5.74, 6) is 0.111. The number of aromatic nitrogens is 1. The fraction of sp³-hybridized carbons (Fsp3) is 0.0714. The number of carbonyl (C=O) groups excluding carboxylic acids is 1. The van der Waals surface area contributed by atoms with Crippen LogP contribution in [0, 0.1) is 0 Å². The first kappa shape index (κ1) is 16.2. The molecular formula is C14H12ClN5O3S. The fourth-order valence-electron chi connectivity index (χ4n) is 2.01. The summed E-state index contributed by atoms with van der Waals surface area (Å²) in [6.07, 6.45) is 2.68. The molecule has 0 saturated heterocycles. The third-order valence-electron chi connectivity index (χ3n) is 3.09. The first-order chi connectivity index (χ1) is 11.4. The third kappa shape index (κ3) is 3.63. The van der Waals surface area contributed by atoms with Crippen LogP contribution in [0.5, 0.6) is 0 Å². The number of hydrogen-bond acceptors (Lipinski definition) is 5. The van der Waals surface area contributed by atoms with Crippen molar-refractivity contribution in [2.75, 3.05) is 17.2 Å². The van der Waals surface area contributed by atoms with Crippen LogP contribution in [0.1, 0.15) is 0 Å². The molecule has 2 heterocycles. The first-order valence-corrected chi connectivity index (χ1v) is 8.61. The van der Waals surface area contributed by atoms with Crippen molar-refractivity contribution < 1.29 is 13.2 Å². The molecule has 0 atom stereocenters. The average Bonchev–Trinajstić information content (AvgIpc) is 2.55. The molecule has 1 aromatic carbocycles. The van der Waals surface area contributed by atoms with E-state index in [-0.39, 0.29) is 17.3 Å². The molecular weight excluding hydrogens is 354 g/mol. The highest BCUT2D eigenvalue weighted by Crippen LogP contribution is 2.25. The monoisotopic (exact) mass is 365 g/mol. The van der Waals surface area contributed by atoms with Crippen LogP contribution in [0.4, 0.5) is 16.2 Å². The van der Waals surface area contributed by atoms with Crippen LogP contribution < -0.4 is 16.0 Å². The number of fused-ring (bicyclic) bond motifs is 1. The zero-order valence-electron chi connectivity index (χ0n) is 12.2. The van der Waals surface area contributed by atoms with Crippen molar-refractivity contribution >= 4 is 44.9 Å².